The summed E-state index contributed by atoms with van der Waals surface area (Å²) in [5.74, 6) is -0.943. The van der Waals surface area contributed by atoms with E-state index in [4.69, 9.17) is 11.6 Å². The number of carbonyl (C=O) groups excluding carboxylic acids is 2. The van der Waals surface area contributed by atoms with Crippen molar-refractivity contribution in [3.05, 3.63) is 64.2 Å². The minimum absolute atomic E-state index is 0.0131. The molecule has 3 rings (SSSR count). The first kappa shape index (κ1) is 24.6. The van der Waals surface area contributed by atoms with Crippen LogP contribution >= 0.6 is 11.6 Å². The molecule has 176 valence electrons. The molecule has 0 aliphatic carbocycles. The average molecular weight is 496 g/mol. The van der Waals surface area contributed by atoms with Crippen molar-refractivity contribution in [3.63, 3.8) is 0 Å². The second-order valence-corrected chi connectivity index (χ2v) is 10.1. The molecule has 0 unspecified atom stereocenters. The monoisotopic (exact) mass is 495 g/mol. The highest BCUT2D eigenvalue weighted by atomic mass is 35.5. The number of anilines is 1. The second-order valence-electron chi connectivity index (χ2n) is 7.74. The molecule has 1 fully saturated rings. The number of halogens is 2. The topological polar surface area (TPSA) is 113 Å². The molecule has 1 aromatic heterocycles. The Balaban J connectivity index is 1.82. The van der Waals surface area contributed by atoms with E-state index in [1.807, 2.05) is 0 Å². The number of nitrogens with one attached hydrogen (secondary N) is 1. The summed E-state index contributed by atoms with van der Waals surface area (Å²) < 4.78 is 36.5. The Bertz CT molecular complexity index is 1190. The highest BCUT2D eigenvalue weighted by Crippen LogP contribution is 2.34. The van der Waals surface area contributed by atoms with Crippen molar-refractivity contribution in [2.75, 3.05) is 31.3 Å². The maximum Gasteiger partial charge on any atom is 0.271 e. The zero-order valence-corrected chi connectivity index (χ0v) is 19.8. The van der Waals surface area contributed by atoms with Gasteiger partial charge in [-0.05, 0) is 18.6 Å². The fourth-order valence-electron chi connectivity index (χ4n) is 3.30. The van der Waals surface area contributed by atoms with Crippen molar-refractivity contribution in [2.24, 2.45) is 0 Å². The first-order chi connectivity index (χ1) is 15.5. The van der Waals surface area contributed by atoms with Crippen molar-refractivity contribution in [3.8, 4) is 0 Å². The predicted octanol–water partition coefficient (Wildman–Crippen LogP) is 1.97. The van der Waals surface area contributed by atoms with Crippen LogP contribution in [0.2, 0.25) is 5.02 Å². The van der Waals surface area contributed by atoms with E-state index in [1.165, 1.54) is 29.4 Å². The second kappa shape index (κ2) is 9.84. The van der Waals surface area contributed by atoms with Gasteiger partial charge in [0.2, 0.25) is 5.91 Å². The van der Waals surface area contributed by atoms with Crippen LogP contribution < -0.4 is 10.2 Å². The van der Waals surface area contributed by atoms with E-state index in [0.717, 1.165) is 11.7 Å². The number of carbonyl (C=O) groups is 2. The summed E-state index contributed by atoms with van der Waals surface area (Å²) in [5, 5.41) is 3.58. The zero-order chi connectivity index (χ0) is 24.3. The Morgan fingerprint density at radius 2 is 2.06 bits per heavy atom. The van der Waals surface area contributed by atoms with E-state index in [2.05, 4.69) is 15.3 Å². The number of aromatic nitrogens is 2. The number of amides is 2. The smallest absolute Gasteiger partial charge is 0.271 e. The van der Waals surface area contributed by atoms with Crippen LogP contribution in [0.25, 0.3) is 0 Å². The lowest BCUT2D eigenvalue weighted by Gasteiger charge is -2.40. The molecule has 1 N–H and O–H groups in total. The molecule has 2 amide bonds. The minimum atomic E-state index is -3.31. The molecule has 33 heavy (non-hydrogen) atoms. The Labute approximate surface area is 196 Å². The van der Waals surface area contributed by atoms with Crippen LogP contribution in [0.5, 0.6) is 0 Å². The number of hydrogen-bond donors (Lipinski definition) is 1. The van der Waals surface area contributed by atoms with Crippen molar-refractivity contribution >= 4 is 39.1 Å². The summed E-state index contributed by atoms with van der Waals surface area (Å²) in [4.78, 5) is 36.4. The Morgan fingerprint density at radius 1 is 1.33 bits per heavy atom. The van der Waals surface area contributed by atoms with Gasteiger partial charge < -0.3 is 15.1 Å². The van der Waals surface area contributed by atoms with Gasteiger partial charge in [0.15, 0.2) is 9.84 Å². The number of piperazine rings is 1. The SMILES string of the molecule is C[C@H](/C=C/S(C)(=O)=O)NC(=O)c1cnc(N2CC(=O)N(C)C[C@@H]2c2cccc(F)c2Cl)cn1. The lowest BCUT2D eigenvalue weighted by molar-refractivity contribution is -0.130. The highest BCUT2D eigenvalue weighted by Gasteiger charge is 2.34. The predicted molar refractivity (Wildman–Crippen MR) is 122 cm³/mol. The van der Waals surface area contributed by atoms with E-state index in [1.54, 1.807) is 31.0 Å². The fraction of sp³-hybridized carbons (Fsp3) is 0.333. The third-order valence-electron chi connectivity index (χ3n) is 5.03. The summed E-state index contributed by atoms with van der Waals surface area (Å²) in [5.41, 5.74) is 0.519. The van der Waals surface area contributed by atoms with E-state index < -0.39 is 33.6 Å². The molecule has 9 nitrogen and oxygen atoms in total. The molecule has 1 aliphatic heterocycles. The van der Waals surface area contributed by atoms with Crippen LogP contribution in [-0.2, 0) is 14.6 Å². The van der Waals surface area contributed by atoms with E-state index >= 15 is 0 Å². The highest BCUT2D eigenvalue weighted by molar-refractivity contribution is 7.93. The molecule has 12 heteroatoms. The number of likely N-dealkylation sites (N-methyl/N-ethyl adjacent to an activating group) is 1. The lowest BCUT2D eigenvalue weighted by atomic mass is 10.0. The summed E-state index contributed by atoms with van der Waals surface area (Å²) in [6, 6.07) is 3.47. The van der Waals surface area contributed by atoms with E-state index in [9.17, 15) is 22.4 Å². The quantitative estimate of drug-likeness (QED) is 0.651. The first-order valence-corrected chi connectivity index (χ1v) is 12.2. The number of rotatable bonds is 6. The van der Waals surface area contributed by atoms with Gasteiger partial charge in [-0.25, -0.2) is 22.8 Å². The number of sulfone groups is 1. The van der Waals surface area contributed by atoms with Gasteiger partial charge in [-0.2, -0.15) is 0 Å². The largest absolute Gasteiger partial charge is 0.345 e. The van der Waals surface area contributed by atoms with Gasteiger partial charge in [0, 0.05) is 31.3 Å². The van der Waals surface area contributed by atoms with Crippen LogP contribution in [0, 0.1) is 5.82 Å². The third-order valence-corrected chi connectivity index (χ3v) is 6.08. The lowest BCUT2D eigenvalue weighted by Crippen LogP contribution is -2.51. The van der Waals surface area contributed by atoms with Crippen LogP contribution in [0.15, 0.2) is 42.1 Å². The normalized spacial score (nSPS) is 18.0. The van der Waals surface area contributed by atoms with Gasteiger partial charge in [-0.3, -0.25) is 9.59 Å². The van der Waals surface area contributed by atoms with Crippen molar-refractivity contribution in [1.29, 1.82) is 0 Å². The minimum Gasteiger partial charge on any atom is -0.345 e. The molecule has 0 radical (unpaired) electrons. The molecule has 2 atom stereocenters. The Morgan fingerprint density at radius 3 is 2.70 bits per heavy atom. The molecule has 0 bridgehead atoms. The standard InChI is InChI=1S/C21H23ClFN5O4S/c1-13(7-8-33(3,31)32)26-21(30)16-9-25-18(10-24-16)28-12-19(29)27(2)11-17(28)14-5-4-6-15(23)20(14)22/h4-10,13,17H,11-12H2,1-3H3,(H,26,30)/b8-7+/t13-,17-/m1/s1. The molecule has 1 saturated heterocycles. The molecular weight excluding hydrogens is 473 g/mol. The van der Waals surface area contributed by atoms with Gasteiger partial charge in [0.25, 0.3) is 5.91 Å². The molecule has 2 heterocycles. The van der Waals surface area contributed by atoms with E-state index in [0.29, 0.717) is 11.4 Å². The van der Waals surface area contributed by atoms with Gasteiger partial charge in [-0.1, -0.05) is 29.8 Å². The molecule has 2 aromatic rings. The Kier molecular flexibility index (Phi) is 7.33. The van der Waals surface area contributed by atoms with Gasteiger partial charge in [-0.15, -0.1) is 0 Å². The maximum absolute atomic E-state index is 14.1. The first-order valence-electron chi connectivity index (χ1n) is 9.92. The molecule has 0 spiro atoms. The van der Waals surface area contributed by atoms with Gasteiger partial charge >= 0.3 is 0 Å². The Hall–Kier alpha value is -3.05. The van der Waals surface area contributed by atoms with Crippen molar-refractivity contribution < 1.29 is 22.4 Å². The molecule has 1 aromatic carbocycles. The van der Waals surface area contributed by atoms with Crippen LogP contribution in [0.3, 0.4) is 0 Å². The van der Waals surface area contributed by atoms with Crippen LogP contribution in [0.4, 0.5) is 10.2 Å². The average Bonchev–Trinajstić information content (AvgIpc) is 2.75. The molecular formula is C21H23ClFN5O4S. The van der Waals surface area contributed by atoms with Crippen molar-refractivity contribution in [2.45, 2.75) is 19.0 Å². The summed E-state index contributed by atoms with van der Waals surface area (Å²) in [7, 11) is -1.66. The fourth-order valence-corrected chi connectivity index (χ4v) is 4.07. The number of hydrogen-bond acceptors (Lipinski definition) is 7. The van der Waals surface area contributed by atoms with Crippen LogP contribution in [-0.4, -0.2) is 67.5 Å². The maximum atomic E-state index is 14.1. The molecule has 0 saturated carbocycles. The summed E-state index contributed by atoms with van der Waals surface area (Å²) in [6.45, 7) is 1.85. The molecule has 1 aliphatic rings. The summed E-state index contributed by atoms with van der Waals surface area (Å²) in [6.07, 6.45) is 5.00. The number of nitrogens with zero attached hydrogens (tertiary/aromatic N) is 4. The zero-order valence-electron chi connectivity index (χ0n) is 18.2. The van der Waals surface area contributed by atoms with Crippen molar-refractivity contribution in [1.82, 2.24) is 20.2 Å². The summed E-state index contributed by atoms with van der Waals surface area (Å²) >= 11 is 6.20. The van der Waals surface area contributed by atoms with E-state index in [-0.39, 0.29) is 29.7 Å². The van der Waals surface area contributed by atoms with Gasteiger partial charge in [0.1, 0.15) is 17.3 Å². The number of benzene rings is 1. The van der Waals surface area contributed by atoms with Gasteiger partial charge in [0.05, 0.1) is 30.0 Å². The van der Waals surface area contributed by atoms with Crippen LogP contribution in [0.1, 0.15) is 29.0 Å². The third kappa shape index (κ3) is 6.05.